The van der Waals surface area contributed by atoms with Crippen LogP contribution in [-0.2, 0) is 13.0 Å². The van der Waals surface area contributed by atoms with Gasteiger partial charge in [-0.3, -0.25) is 9.88 Å². The van der Waals surface area contributed by atoms with E-state index in [0.29, 0.717) is 6.54 Å². The summed E-state index contributed by atoms with van der Waals surface area (Å²) in [5, 5.41) is 0. The second-order valence-electron chi connectivity index (χ2n) is 4.81. The topological polar surface area (TPSA) is 42.1 Å². The predicted molar refractivity (Wildman–Crippen MR) is 86.4 cm³/mol. The molecular weight excluding hydrogens is 314 g/mol. The highest BCUT2D eigenvalue weighted by Gasteiger charge is 2.06. The van der Waals surface area contributed by atoms with Crippen LogP contribution in [-0.4, -0.2) is 29.5 Å². The molecule has 20 heavy (non-hydrogen) atoms. The van der Waals surface area contributed by atoms with Gasteiger partial charge in [0.05, 0.1) is 0 Å². The molecule has 4 heteroatoms. The van der Waals surface area contributed by atoms with Crippen molar-refractivity contribution >= 4 is 15.9 Å². The molecule has 1 heterocycles. The Hall–Kier alpha value is -1.23. The zero-order valence-electron chi connectivity index (χ0n) is 11.5. The van der Waals surface area contributed by atoms with Crippen LogP contribution < -0.4 is 5.73 Å². The van der Waals surface area contributed by atoms with Crippen LogP contribution in [0.15, 0.2) is 53.3 Å². The number of benzene rings is 1. The average molecular weight is 334 g/mol. The molecule has 2 N–H and O–H groups in total. The lowest BCUT2D eigenvalue weighted by atomic mass is 10.1. The molecule has 0 unspecified atom stereocenters. The number of nitrogens with two attached hydrogens (primary N) is 1. The maximum atomic E-state index is 5.72. The minimum Gasteiger partial charge on any atom is -0.329 e. The fourth-order valence-electron chi connectivity index (χ4n) is 2.18. The molecule has 0 fully saturated rings. The second-order valence-corrected chi connectivity index (χ2v) is 5.73. The van der Waals surface area contributed by atoms with Gasteiger partial charge in [-0.15, -0.1) is 0 Å². The predicted octanol–water partition coefficient (Wildman–Crippen LogP) is 2.85. The van der Waals surface area contributed by atoms with Crippen molar-refractivity contribution in [1.29, 1.82) is 0 Å². The molecule has 1 aromatic heterocycles. The average Bonchev–Trinajstić information content (AvgIpc) is 2.46. The normalized spacial score (nSPS) is 10.9. The highest BCUT2D eigenvalue weighted by Crippen LogP contribution is 2.12. The Labute approximate surface area is 129 Å². The summed E-state index contributed by atoms with van der Waals surface area (Å²) in [6, 6.07) is 12.7. The van der Waals surface area contributed by atoms with E-state index >= 15 is 0 Å². The fourth-order valence-corrected chi connectivity index (χ4v) is 2.60. The molecule has 0 saturated carbocycles. The van der Waals surface area contributed by atoms with E-state index in [4.69, 9.17) is 5.73 Å². The summed E-state index contributed by atoms with van der Waals surface area (Å²) in [6.45, 7) is 3.47. The van der Waals surface area contributed by atoms with Crippen LogP contribution in [0, 0.1) is 0 Å². The molecule has 0 radical (unpaired) electrons. The van der Waals surface area contributed by atoms with E-state index in [1.54, 1.807) is 6.20 Å². The van der Waals surface area contributed by atoms with Crippen molar-refractivity contribution in [3.05, 3.63) is 64.4 Å². The Morgan fingerprint density at radius 3 is 2.55 bits per heavy atom. The Morgan fingerprint density at radius 1 is 1.05 bits per heavy atom. The van der Waals surface area contributed by atoms with Gasteiger partial charge in [0.25, 0.3) is 0 Å². The first kappa shape index (κ1) is 15.2. The second kappa shape index (κ2) is 8.15. The summed E-state index contributed by atoms with van der Waals surface area (Å²) in [7, 11) is 0. The van der Waals surface area contributed by atoms with Gasteiger partial charge in [0, 0.05) is 43.0 Å². The number of halogens is 1. The molecule has 0 aliphatic carbocycles. The summed E-state index contributed by atoms with van der Waals surface area (Å²) in [4.78, 5) is 6.58. The number of pyridine rings is 1. The Balaban J connectivity index is 1.93. The lowest BCUT2D eigenvalue weighted by molar-refractivity contribution is 0.276. The van der Waals surface area contributed by atoms with E-state index in [2.05, 4.69) is 56.1 Å². The summed E-state index contributed by atoms with van der Waals surface area (Å²) >= 11 is 3.46. The first-order chi connectivity index (χ1) is 9.78. The van der Waals surface area contributed by atoms with Crippen LogP contribution in [0.4, 0.5) is 0 Å². The number of hydrogen-bond acceptors (Lipinski definition) is 3. The van der Waals surface area contributed by atoms with Crippen LogP contribution in [0.3, 0.4) is 0 Å². The van der Waals surface area contributed by atoms with E-state index < -0.39 is 0 Å². The Kier molecular flexibility index (Phi) is 6.18. The van der Waals surface area contributed by atoms with Crippen molar-refractivity contribution in [2.24, 2.45) is 5.73 Å². The summed E-state index contributed by atoms with van der Waals surface area (Å²) < 4.78 is 1.02. The van der Waals surface area contributed by atoms with Gasteiger partial charge in [-0.05, 0) is 39.5 Å². The molecule has 1 aromatic carbocycles. The molecule has 0 aliphatic heterocycles. The number of hydrogen-bond donors (Lipinski definition) is 1. The van der Waals surface area contributed by atoms with Crippen LogP contribution >= 0.6 is 15.9 Å². The smallest absolute Gasteiger partial charge is 0.0410 e. The van der Waals surface area contributed by atoms with Crippen LogP contribution in [0.25, 0.3) is 0 Å². The van der Waals surface area contributed by atoms with Crippen LogP contribution in [0.5, 0.6) is 0 Å². The Bertz CT molecular complexity index is 516. The van der Waals surface area contributed by atoms with E-state index in [1.165, 1.54) is 11.1 Å². The highest BCUT2D eigenvalue weighted by molar-refractivity contribution is 9.10. The molecule has 0 spiro atoms. The van der Waals surface area contributed by atoms with Gasteiger partial charge < -0.3 is 5.73 Å². The van der Waals surface area contributed by atoms with Crippen molar-refractivity contribution in [1.82, 2.24) is 9.88 Å². The lowest BCUT2D eigenvalue weighted by Gasteiger charge is -2.21. The van der Waals surface area contributed by atoms with Gasteiger partial charge in [0.1, 0.15) is 0 Å². The van der Waals surface area contributed by atoms with Gasteiger partial charge in [-0.25, -0.2) is 0 Å². The molecule has 106 valence electrons. The molecule has 0 atom stereocenters. The molecular formula is C16H20BrN3. The van der Waals surface area contributed by atoms with E-state index in [-0.39, 0.29) is 0 Å². The monoisotopic (exact) mass is 333 g/mol. The van der Waals surface area contributed by atoms with Crippen molar-refractivity contribution in [3.8, 4) is 0 Å². The van der Waals surface area contributed by atoms with Gasteiger partial charge in [-0.1, -0.05) is 30.3 Å². The van der Waals surface area contributed by atoms with Gasteiger partial charge in [-0.2, -0.15) is 0 Å². The number of nitrogens with zero attached hydrogens (tertiary/aromatic N) is 2. The quantitative estimate of drug-likeness (QED) is 0.847. The molecule has 3 nitrogen and oxygen atoms in total. The molecule has 0 saturated heterocycles. The summed E-state index contributed by atoms with van der Waals surface area (Å²) in [5.74, 6) is 0. The van der Waals surface area contributed by atoms with E-state index in [0.717, 1.165) is 30.5 Å². The third kappa shape index (κ3) is 5.04. The van der Waals surface area contributed by atoms with Crippen molar-refractivity contribution in [2.45, 2.75) is 13.0 Å². The zero-order chi connectivity index (χ0) is 14.2. The van der Waals surface area contributed by atoms with Gasteiger partial charge in [0.15, 0.2) is 0 Å². The van der Waals surface area contributed by atoms with Crippen molar-refractivity contribution in [2.75, 3.05) is 19.6 Å². The van der Waals surface area contributed by atoms with Crippen LogP contribution in [0.1, 0.15) is 11.1 Å². The maximum absolute atomic E-state index is 5.72. The van der Waals surface area contributed by atoms with E-state index in [9.17, 15) is 0 Å². The first-order valence-electron chi connectivity index (χ1n) is 6.83. The highest BCUT2D eigenvalue weighted by atomic mass is 79.9. The fraction of sp³-hybridized carbons (Fsp3) is 0.312. The summed E-state index contributed by atoms with van der Waals surface area (Å²) in [5.41, 5.74) is 8.29. The third-order valence-corrected chi connectivity index (χ3v) is 3.61. The number of aromatic nitrogens is 1. The third-order valence-electron chi connectivity index (χ3n) is 3.17. The molecule has 2 aromatic rings. The maximum Gasteiger partial charge on any atom is 0.0410 e. The van der Waals surface area contributed by atoms with Gasteiger partial charge >= 0.3 is 0 Å². The molecule has 0 aliphatic rings. The zero-order valence-corrected chi connectivity index (χ0v) is 13.1. The van der Waals surface area contributed by atoms with Crippen molar-refractivity contribution < 1.29 is 0 Å². The molecule has 2 rings (SSSR count). The SMILES string of the molecule is NCCN(CCc1ccccc1)Cc1cncc(Br)c1. The Morgan fingerprint density at radius 2 is 1.85 bits per heavy atom. The summed E-state index contributed by atoms with van der Waals surface area (Å²) in [6.07, 6.45) is 4.76. The van der Waals surface area contributed by atoms with Crippen LogP contribution in [0.2, 0.25) is 0 Å². The molecule has 0 bridgehead atoms. The van der Waals surface area contributed by atoms with E-state index in [1.807, 2.05) is 12.3 Å². The number of rotatable bonds is 7. The minimum absolute atomic E-state index is 0.677. The van der Waals surface area contributed by atoms with Crippen molar-refractivity contribution in [3.63, 3.8) is 0 Å². The largest absolute Gasteiger partial charge is 0.329 e. The standard InChI is InChI=1S/C16H20BrN3/c17-16-10-15(11-19-12-16)13-20(9-7-18)8-6-14-4-2-1-3-5-14/h1-5,10-12H,6-9,13,18H2. The first-order valence-corrected chi connectivity index (χ1v) is 7.63. The molecule has 0 amide bonds. The lowest BCUT2D eigenvalue weighted by Crippen LogP contribution is -2.31. The minimum atomic E-state index is 0.677. The van der Waals surface area contributed by atoms with Gasteiger partial charge in [0.2, 0.25) is 0 Å².